The van der Waals surface area contributed by atoms with Crippen LogP contribution in [0.25, 0.3) is 0 Å². The van der Waals surface area contributed by atoms with Crippen LogP contribution in [0.4, 0.5) is 5.69 Å². The molecule has 6 nitrogen and oxygen atoms in total. The maximum absolute atomic E-state index is 12.8. The van der Waals surface area contributed by atoms with Crippen LogP contribution in [0.1, 0.15) is 13.3 Å². The van der Waals surface area contributed by atoms with Crippen molar-refractivity contribution in [2.45, 2.75) is 19.4 Å². The average molecular weight is 354 g/mol. The van der Waals surface area contributed by atoms with Gasteiger partial charge in [-0.3, -0.25) is 9.59 Å². The largest absolute Gasteiger partial charge is 0.495 e. The number of hydrogen-bond acceptors (Lipinski definition) is 4. The third kappa shape index (κ3) is 3.49. The van der Waals surface area contributed by atoms with Gasteiger partial charge in [0.05, 0.1) is 18.7 Å². The van der Waals surface area contributed by atoms with E-state index in [9.17, 15) is 9.59 Å². The number of carbonyl (C=O) groups excluding carboxylic acids is 2. The van der Waals surface area contributed by atoms with Gasteiger partial charge in [-0.1, -0.05) is 12.1 Å². The number of benzene rings is 1. The number of amides is 2. The van der Waals surface area contributed by atoms with Gasteiger partial charge in [0.1, 0.15) is 5.75 Å². The lowest BCUT2D eigenvalue weighted by Gasteiger charge is -2.35. The van der Waals surface area contributed by atoms with Gasteiger partial charge in [-0.25, -0.2) is 0 Å². The summed E-state index contributed by atoms with van der Waals surface area (Å²) in [6.45, 7) is 4.79. The summed E-state index contributed by atoms with van der Waals surface area (Å²) < 4.78 is 5.34. The fraction of sp³-hybridized carbons (Fsp3) is 0.529. The molecule has 0 spiro atoms. The monoisotopic (exact) mass is 353 g/mol. The Kier molecular flexibility index (Phi) is 6.07. The Morgan fingerprint density at radius 2 is 2.08 bits per heavy atom. The molecule has 0 bridgehead atoms. The number of para-hydroxylation sites is 2. The second-order valence-corrected chi connectivity index (χ2v) is 6.16. The van der Waals surface area contributed by atoms with Gasteiger partial charge in [-0.2, -0.15) is 0 Å². The minimum atomic E-state index is -0.270. The zero-order valence-corrected chi connectivity index (χ0v) is 14.8. The average Bonchev–Trinajstić information content (AvgIpc) is 2.96. The molecule has 2 heterocycles. The van der Waals surface area contributed by atoms with E-state index in [2.05, 4.69) is 5.32 Å². The fourth-order valence-electron chi connectivity index (χ4n) is 3.36. The summed E-state index contributed by atoms with van der Waals surface area (Å²) in [6, 6.07) is 7.60. The van der Waals surface area contributed by atoms with Crippen LogP contribution in [0.3, 0.4) is 0 Å². The second-order valence-electron chi connectivity index (χ2n) is 6.16. The summed E-state index contributed by atoms with van der Waals surface area (Å²) in [5.74, 6) is 0.456. The standard InChI is InChI=1S/C17H23N3O3.ClH/c1-12-10-18-7-8-19(12)17(22)13-9-16(21)20(11-13)14-5-3-4-6-15(14)23-2;/h3-6,12-13,18H,7-11H2,1-2H3;1H. The van der Waals surface area contributed by atoms with E-state index < -0.39 is 0 Å². The van der Waals surface area contributed by atoms with Gasteiger partial charge in [-0.05, 0) is 19.1 Å². The van der Waals surface area contributed by atoms with Crippen molar-refractivity contribution in [3.05, 3.63) is 24.3 Å². The molecule has 24 heavy (non-hydrogen) atoms. The first-order valence-electron chi connectivity index (χ1n) is 8.06. The van der Waals surface area contributed by atoms with Crippen molar-refractivity contribution >= 4 is 29.9 Å². The molecule has 0 aliphatic carbocycles. The summed E-state index contributed by atoms with van der Waals surface area (Å²) in [5, 5.41) is 3.28. The fourth-order valence-corrected chi connectivity index (χ4v) is 3.36. The second kappa shape index (κ2) is 7.85. The molecular weight excluding hydrogens is 330 g/mol. The van der Waals surface area contributed by atoms with Crippen LogP contribution in [-0.4, -0.2) is 56.0 Å². The summed E-state index contributed by atoms with van der Waals surface area (Å²) in [7, 11) is 1.59. The summed E-state index contributed by atoms with van der Waals surface area (Å²) >= 11 is 0. The maximum Gasteiger partial charge on any atom is 0.228 e. The highest BCUT2D eigenvalue weighted by atomic mass is 35.5. The lowest BCUT2D eigenvalue weighted by atomic mass is 10.1. The van der Waals surface area contributed by atoms with Crippen LogP contribution in [-0.2, 0) is 9.59 Å². The number of carbonyl (C=O) groups is 2. The molecule has 2 saturated heterocycles. The number of nitrogens with one attached hydrogen (secondary N) is 1. The molecule has 1 aromatic rings. The predicted molar refractivity (Wildman–Crippen MR) is 94.7 cm³/mol. The molecule has 0 saturated carbocycles. The Labute approximate surface area is 148 Å². The van der Waals surface area contributed by atoms with Gasteiger partial charge in [0.2, 0.25) is 11.8 Å². The van der Waals surface area contributed by atoms with Crippen LogP contribution in [0.5, 0.6) is 5.75 Å². The number of rotatable bonds is 3. The van der Waals surface area contributed by atoms with Crippen LogP contribution in [0.2, 0.25) is 0 Å². The molecule has 1 N–H and O–H groups in total. The number of hydrogen-bond donors (Lipinski definition) is 1. The van der Waals surface area contributed by atoms with E-state index in [1.807, 2.05) is 36.1 Å². The molecule has 2 aliphatic rings. The molecule has 132 valence electrons. The molecular formula is C17H24ClN3O3. The highest BCUT2D eigenvalue weighted by molar-refractivity contribution is 6.01. The minimum absolute atomic E-state index is 0. The molecule has 2 fully saturated rings. The van der Waals surface area contributed by atoms with Crippen molar-refractivity contribution in [3.63, 3.8) is 0 Å². The molecule has 7 heteroatoms. The maximum atomic E-state index is 12.8. The normalized spacial score (nSPS) is 23.8. The van der Waals surface area contributed by atoms with E-state index >= 15 is 0 Å². The van der Waals surface area contributed by atoms with Crippen LogP contribution < -0.4 is 15.0 Å². The lowest BCUT2D eigenvalue weighted by molar-refractivity contribution is -0.138. The molecule has 0 radical (unpaired) electrons. The third-order valence-electron chi connectivity index (χ3n) is 4.63. The third-order valence-corrected chi connectivity index (χ3v) is 4.63. The number of halogens is 1. The van der Waals surface area contributed by atoms with Crippen LogP contribution >= 0.6 is 12.4 Å². The molecule has 0 aromatic heterocycles. The molecule has 2 unspecified atom stereocenters. The number of anilines is 1. The summed E-state index contributed by atoms with van der Waals surface area (Å²) in [5.41, 5.74) is 0.739. The quantitative estimate of drug-likeness (QED) is 0.889. The smallest absolute Gasteiger partial charge is 0.228 e. The molecule has 2 aliphatic heterocycles. The van der Waals surface area contributed by atoms with E-state index in [-0.39, 0.29) is 42.6 Å². The Balaban J connectivity index is 0.00000208. The number of ether oxygens (including phenoxy) is 1. The van der Waals surface area contributed by atoms with Crippen molar-refractivity contribution in [3.8, 4) is 5.75 Å². The van der Waals surface area contributed by atoms with Gasteiger partial charge in [0, 0.05) is 38.6 Å². The minimum Gasteiger partial charge on any atom is -0.495 e. The van der Waals surface area contributed by atoms with Gasteiger partial charge >= 0.3 is 0 Å². The first-order valence-corrected chi connectivity index (χ1v) is 8.06. The Morgan fingerprint density at radius 1 is 1.33 bits per heavy atom. The molecule has 3 rings (SSSR count). The zero-order valence-electron chi connectivity index (χ0n) is 14.0. The van der Waals surface area contributed by atoms with Gasteiger partial charge in [-0.15, -0.1) is 12.4 Å². The van der Waals surface area contributed by atoms with E-state index in [1.165, 1.54) is 0 Å². The molecule has 1 aromatic carbocycles. The van der Waals surface area contributed by atoms with E-state index in [0.717, 1.165) is 18.8 Å². The van der Waals surface area contributed by atoms with Gasteiger partial charge in [0.15, 0.2) is 0 Å². The van der Waals surface area contributed by atoms with Gasteiger partial charge in [0.25, 0.3) is 0 Å². The summed E-state index contributed by atoms with van der Waals surface area (Å²) in [6.07, 6.45) is 0.271. The van der Waals surface area contributed by atoms with E-state index in [0.29, 0.717) is 18.8 Å². The molecule has 2 atom stereocenters. The molecule has 2 amide bonds. The van der Waals surface area contributed by atoms with E-state index in [1.54, 1.807) is 12.0 Å². The van der Waals surface area contributed by atoms with Gasteiger partial charge < -0.3 is 19.9 Å². The number of methoxy groups -OCH3 is 1. The summed E-state index contributed by atoms with van der Waals surface area (Å²) in [4.78, 5) is 28.8. The van der Waals surface area contributed by atoms with Crippen molar-refractivity contribution < 1.29 is 14.3 Å². The first-order chi connectivity index (χ1) is 11.1. The Morgan fingerprint density at radius 3 is 2.79 bits per heavy atom. The van der Waals surface area contributed by atoms with Crippen molar-refractivity contribution in [1.29, 1.82) is 0 Å². The Bertz CT molecular complexity index is 610. The van der Waals surface area contributed by atoms with Crippen LogP contribution in [0, 0.1) is 5.92 Å². The van der Waals surface area contributed by atoms with Crippen molar-refractivity contribution in [2.75, 3.05) is 38.2 Å². The van der Waals surface area contributed by atoms with E-state index in [4.69, 9.17) is 4.74 Å². The highest BCUT2D eigenvalue weighted by Crippen LogP contribution is 2.33. The highest BCUT2D eigenvalue weighted by Gasteiger charge is 2.39. The zero-order chi connectivity index (χ0) is 16.4. The first kappa shape index (κ1) is 18.5. The SMILES string of the molecule is COc1ccccc1N1CC(C(=O)N2CCNCC2C)CC1=O.Cl. The Hall–Kier alpha value is -1.79. The predicted octanol–water partition coefficient (Wildman–Crippen LogP) is 1.29. The van der Waals surface area contributed by atoms with Crippen molar-refractivity contribution in [2.24, 2.45) is 5.92 Å². The lowest BCUT2D eigenvalue weighted by Crippen LogP contribution is -2.54. The number of nitrogens with zero attached hydrogens (tertiary/aromatic N) is 2. The van der Waals surface area contributed by atoms with Crippen LogP contribution in [0.15, 0.2) is 24.3 Å². The van der Waals surface area contributed by atoms with Crippen molar-refractivity contribution in [1.82, 2.24) is 10.2 Å². The number of piperazine rings is 1. The topological polar surface area (TPSA) is 61.9 Å².